The zero-order valence-electron chi connectivity index (χ0n) is 30.4. The van der Waals surface area contributed by atoms with Gasteiger partial charge in [0.25, 0.3) is 0 Å². The maximum absolute atomic E-state index is 6.64. The minimum absolute atomic E-state index is 0.653. The number of fused-ring (bicyclic) bond motifs is 9. The number of thiophene rings is 1. The highest BCUT2D eigenvalue weighted by atomic mass is 32.1. The highest BCUT2D eigenvalue weighted by molar-refractivity contribution is 7.26. The molecule has 12 aromatic rings. The highest BCUT2D eigenvalue weighted by Crippen LogP contribution is 2.45. The van der Waals surface area contributed by atoms with Gasteiger partial charge in [-0.3, -0.25) is 0 Å². The average molecular weight is 747 g/mol. The summed E-state index contributed by atoms with van der Waals surface area (Å²) in [6, 6.07) is 63.7. The van der Waals surface area contributed by atoms with Gasteiger partial charge in [-0.2, -0.15) is 0 Å². The molecule has 57 heavy (non-hydrogen) atoms. The lowest BCUT2D eigenvalue weighted by Crippen LogP contribution is -2.00. The molecule has 6 heteroatoms. The first-order valence-corrected chi connectivity index (χ1v) is 19.8. The Hall–Kier alpha value is -7.41. The van der Waals surface area contributed by atoms with Crippen LogP contribution in [0.4, 0.5) is 0 Å². The van der Waals surface area contributed by atoms with E-state index in [1.54, 1.807) is 11.3 Å². The van der Waals surface area contributed by atoms with Gasteiger partial charge in [0.1, 0.15) is 11.2 Å². The molecule has 0 unspecified atom stereocenters. The van der Waals surface area contributed by atoms with Crippen LogP contribution in [-0.4, -0.2) is 19.5 Å². The first-order chi connectivity index (χ1) is 28.3. The molecular weight excluding hydrogens is 717 g/mol. The molecule has 0 radical (unpaired) electrons. The number of nitrogens with zero attached hydrogens (tertiary/aromatic N) is 4. The van der Waals surface area contributed by atoms with Crippen molar-refractivity contribution in [1.82, 2.24) is 19.5 Å². The molecule has 12 rings (SSSR count). The van der Waals surface area contributed by atoms with E-state index in [1.807, 2.05) is 60.7 Å². The zero-order valence-corrected chi connectivity index (χ0v) is 31.2. The second-order valence-corrected chi connectivity index (χ2v) is 15.4. The molecule has 0 bridgehead atoms. The molecule has 0 aliphatic rings. The van der Waals surface area contributed by atoms with E-state index in [-0.39, 0.29) is 0 Å². The summed E-state index contributed by atoms with van der Waals surface area (Å²) in [6.45, 7) is 0. The Balaban J connectivity index is 1.06. The number of furan rings is 1. The molecule has 4 aromatic heterocycles. The summed E-state index contributed by atoms with van der Waals surface area (Å²) in [5.74, 6) is 1.97. The molecule has 0 atom stereocenters. The van der Waals surface area contributed by atoms with Crippen molar-refractivity contribution in [2.45, 2.75) is 0 Å². The third kappa shape index (κ3) is 4.98. The Morgan fingerprint density at radius 2 is 0.965 bits per heavy atom. The van der Waals surface area contributed by atoms with E-state index in [4.69, 9.17) is 19.4 Å². The van der Waals surface area contributed by atoms with Gasteiger partial charge in [-0.1, -0.05) is 133 Å². The van der Waals surface area contributed by atoms with E-state index < -0.39 is 0 Å². The number of para-hydroxylation sites is 2. The Bertz CT molecular complexity index is 3420. The van der Waals surface area contributed by atoms with Gasteiger partial charge in [0.05, 0.1) is 22.1 Å². The number of benzene rings is 8. The fourth-order valence-corrected chi connectivity index (χ4v) is 9.72. The largest absolute Gasteiger partial charge is 0.456 e. The average Bonchev–Trinajstić information content (AvgIpc) is 3.96. The van der Waals surface area contributed by atoms with Crippen LogP contribution < -0.4 is 0 Å². The topological polar surface area (TPSA) is 56.7 Å². The quantitative estimate of drug-likeness (QED) is 0.176. The van der Waals surface area contributed by atoms with Crippen molar-refractivity contribution in [3.63, 3.8) is 0 Å². The Labute approximate surface area is 330 Å². The van der Waals surface area contributed by atoms with Crippen LogP contribution in [0.3, 0.4) is 0 Å². The molecule has 0 amide bonds. The Kier molecular flexibility index (Phi) is 7.03. The van der Waals surface area contributed by atoms with Crippen molar-refractivity contribution in [1.29, 1.82) is 0 Å². The van der Waals surface area contributed by atoms with Crippen LogP contribution in [0, 0.1) is 0 Å². The summed E-state index contributed by atoms with van der Waals surface area (Å²) in [7, 11) is 0. The standard InChI is InChI=1S/C51H30N4OS/c1-3-14-31(15-4-1)49-52-50(32-16-5-2-6-17-32)54-51(53-49)38-22-11-21-37-39-30-33(28-29-45(39)57-48(37)38)34-20-12-26-43-46(34)47-42(25-13-27-44(47)56-43)55-40-23-9-7-18-35(40)36-19-8-10-24-41(36)55/h1-30H. The van der Waals surface area contributed by atoms with E-state index in [0.29, 0.717) is 17.5 Å². The van der Waals surface area contributed by atoms with E-state index in [0.717, 1.165) is 60.1 Å². The molecule has 0 fully saturated rings. The molecule has 0 saturated heterocycles. The van der Waals surface area contributed by atoms with Crippen molar-refractivity contribution >= 4 is 75.3 Å². The second-order valence-electron chi connectivity index (χ2n) is 14.3. The van der Waals surface area contributed by atoms with Crippen molar-refractivity contribution in [3.8, 4) is 51.0 Å². The maximum atomic E-state index is 6.64. The number of hydrogen-bond acceptors (Lipinski definition) is 5. The van der Waals surface area contributed by atoms with Crippen LogP contribution >= 0.6 is 11.3 Å². The minimum Gasteiger partial charge on any atom is -0.456 e. The molecule has 0 saturated carbocycles. The van der Waals surface area contributed by atoms with Gasteiger partial charge < -0.3 is 8.98 Å². The number of aromatic nitrogens is 4. The molecule has 4 heterocycles. The van der Waals surface area contributed by atoms with E-state index in [2.05, 4.69) is 126 Å². The summed E-state index contributed by atoms with van der Waals surface area (Å²) in [6.07, 6.45) is 0. The molecule has 0 aliphatic heterocycles. The Morgan fingerprint density at radius 3 is 1.67 bits per heavy atom. The van der Waals surface area contributed by atoms with Crippen LogP contribution in [0.5, 0.6) is 0 Å². The van der Waals surface area contributed by atoms with Gasteiger partial charge in [-0.05, 0) is 59.7 Å². The second kappa shape index (κ2) is 12.6. The molecule has 8 aromatic carbocycles. The number of hydrogen-bond donors (Lipinski definition) is 0. The van der Waals surface area contributed by atoms with E-state index in [1.165, 1.54) is 37.3 Å². The maximum Gasteiger partial charge on any atom is 0.165 e. The van der Waals surface area contributed by atoms with Crippen molar-refractivity contribution < 1.29 is 4.42 Å². The predicted molar refractivity (Wildman–Crippen MR) is 236 cm³/mol. The predicted octanol–water partition coefficient (Wildman–Crippen LogP) is 13.9. The normalized spacial score (nSPS) is 11.9. The van der Waals surface area contributed by atoms with Crippen molar-refractivity contribution in [2.24, 2.45) is 0 Å². The van der Waals surface area contributed by atoms with Crippen molar-refractivity contribution in [3.05, 3.63) is 182 Å². The first kappa shape index (κ1) is 31.9. The van der Waals surface area contributed by atoms with Crippen LogP contribution in [0.25, 0.3) is 115 Å². The summed E-state index contributed by atoms with van der Waals surface area (Å²) < 4.78 is 11.4. The summed E-state index contributed by atoms with van der Waals surface area (Å²) in [5.41, 5.74) is 10.3. The molecule has 0 N–H and O–H groups in total. The van der Waals surface area contributed by atoms with E-state index in [9.17, 15) is 0 Å². The lowest BCUT2D eigenvalue weighted by atomic mass is 9.97. The molecule has 266 valence electrons. The molecule has 0 spiro atoms. The highest BCUT2D eigenvalue weighted by Gasteiger charge is 2.21. The summed E-state index contributed by atoms with van der Waals surface area (Å²) >= 11 is 1.78. The van der Waals surface area contributed by atoms with Gasteiger partial charge in [0.2, 0.25) is 0 Å². The van der Waals surface area contributed by atoms with Crippen molar-refractivity contribution in [2.75, 3.05) is 0 Å². The lowest BCUT2D eigenvalue weighted by Gasteiger charge is -2.11. The summed E-state index contributed by atoms with van der Waals surface area (Å²) in [4.78, 5) is 15.1. The monoisotopic (exact) mass is 746 g/mol. The SMILES string of the molecule is c1ccc(-c2nc(-c3ccccc3)nc(-c3cccc4c3sc3ccc(-c5cccc6oc7cccc(-n8c9ccccc9c9ccccc98)c7c56)cc34)n2)cc1. The Morgan fingerprint density at radius 1 is 0.404 bits per heavy atom. The fraction of sp³-hybridized carbons (Fsp3) is 0. The van der Waals surface area contributed by atoms with Gasteiger partial charge >= 0.3 is 0 Å². The first-order valence-electron chi connectivity index (χ1n) is 19.0. The zero-order chi connectivity index (χ0) is 37.5. The van der Waals surface area contributed by atoms with Gasteiger partial charge in [0.15, 0.2) is 17.5 Å². The van der Waals surface area contributed by atoms with E-state index >= 15 is 0 Å². The van der Waals surface area contributed by atoms with Gasteiger partial charge in [0, 0.05) is 53.0 Å². The van der Waals surface area contributed by atoms with Crippen LogP contribution in [0.15, 0.2) is 186 Å². The number of rotatable bonds is 5. The molecule has 5 nitrogen and oxygen atoms in total. The smallest absolute Gasteiger partial charge is 0.165 e. The van der Waals surface area contributed by atoms with Crippen LogP contribution in [0.2, 0.25) is 0 Å². The third-order valence-corrected chi connectivity index (χ3v) is 12.3. The summed E-state index contributed by atoms with van der Waals surface area (Å²) in [5, 5.41) is 7.05. The molecular formula is C51H30N4OS. The fourth-order valence-electron chi connectivity index (χ4n) is 8.53. The van der Waals surface area contributed by atoms with Crippen LogP contribution in [0.1, 0.15) is 0 Å². The van der Waals surface area contributed by atoms with Crippen LogP contribution in [-0.2, 0) is 0 Å². The third-order valence-electron chi connectivity index (χ3n) is 11.1. The molecule has 0 aliphatic carbocycles. The minimum atomic E-state index is 0.653. The van der Waals surface area contributed by atoms with Gasteiger partial charge in [-0.25, -0.2) is 15.0 Å². The van der Waals surface area contributed by atoms with Gasteiger partial charge in [-0.15, -0.1) is 11.3 Å². The lowest BCUT2D eigenvalue weighted by molar-refractivity contribution is 0.669.